The number of aromatic nitrogens is 1. The van der Waals surface area contributed by atoms with Gasteiger partial charge in [0.2, 0.25) is 5.91 Å². The summed E-state index contributed by atoms with van der Waals surface area (Å²) in [4.78, 5) is 28.1. The number of aromatic amines is 1. The van der Waals surface area contributed by atoms with Crippen molar-refractivity contribution in [2.45, 2.75) is 30.9 Å². The van der Waals surface area contributed by atoms with E-state index in [2.05, 4.69) is 10.1 Å². The Morgan fingerprint density at radius 1 is 1.21 bits per heavy atom. The number of carbonyl (C=O) groups is 1. The van der Waals surface area contributed by atoms with Crippen LogP contribution in [0.25, 0.3) is 0 Å². The standard InChI is InChI=1S/C21H27N3O5/c25-19-14-17(29-22-19)6-7-20(26)24-9-8-21(27,16-4-2-1-3-5-16)18(15-24)23-10-12-28-13-11-23/h1-5,14,18,27H,6-13,15H2,(H,22,25)/t18-,21+/m1/s1. The average Bonchev–Trinajstić information content (AvgIpc) is 3.19. The smallest absolute Gasteiger partial charge is 0.280 e. The van der Waals surface area contributed by atoms with Crippen molar-refractivity contribution in [3.05, 3.63) is 58.1 Å². The van der Waals surface area contributed by atoms with Gasteiger partial charge in [-0.15, -0.1) is 0 Å². The first kappa shape index (κ1) is 19.9. The van der Waals surface area contributed by atoms with Gasteiger partial charge in [0.15, 0.2) is 0 Å². The van der Waals surface area contributed by atoms with Crippen molar-refractivity contribution in [2.24, 2.45) is 0 Å². The molecule has 1 aromatic carbocycles. The summed E-state index contributed by atoms with van der Waals surface area (Å²) in [6, 6.07) is 10.9. The van der Waals surface area contributed by atoms with E-state index < -0.39 is 5.60 Å². The Labute approximate surface area is 169 Å². The number of rotatable bonds is 5. The van der Waals surface area contributed by atoms with E-state index in [1.807, 2.05) is 35.2 Å². The number of benzene rings is 1. The zero-order valence-electron chi connectivity index (χ0n) is 16.4. The van der Waals surface area contributed by atoms with Gasteiger partial charge in [-0.05, 0) is 12.0 Å². The second-order valence-electron chi connectivity index (χ2n) is 7.72. The van der Waals surface area contributed by atoms with Crippen LogP contribution in [0.1, 0.15) is 24.2 Å². The molecule has 2 atom stereocenters. The van der Waals surface area contributed by atoms with E-state index in [1.54, 1.807) is 0 Å². The van der Waals surface area contributed by atoms with Crippen LogP contribution in [0.15, 0.2) is 45.7 Å². The minimum absolute atomic E-state index is 0.00206. The molecule has 0 saturated carbocycles. The van der Waals surface area contributed by atoms with Crippen molar-refractivity contribution in [2.75, 3.05) is 39.4 Å². The lowest BCUT2D eigenvalue weighted by Crippen LogP contribution is -2.63. The Morgan fingerprint density at radius 2 is 1.97 bits per heavy atom. The summed E-state index contributed by atoms with van der Waals surface area (Å²) in [7, 11) is 0. The molecule has 8 nitrogen and oxygen atoms in total. The average molecular weight is 401 g/mol. The number of aliphatic hydroxyl groups is 1. The Kier molecular flexibility index (Phi) is 5.84. The number of hydrogen-bond acceptors (Lipinski definition) is 6. The van der Waals surface area contributed by atoms with Crippen LogP contribution >= 0.6 is 0 Å². The Morgan fingerprint density at radius 3 is 2.66 bits per heavy atom. The molecular weight excluding hydrogens is 374 g/mol. The van der Waals surface area contributed by atoms with Gasteiger partial charge in [-0.2, -0.15) is 5.16 Å². The van der Waals surface area contributed by atoms with Crippen LogP contribution in [-0.2, 0) is 21.6 Å². The van der Waals surface area contributed by atoms with Crippen molar-refractivity contribution in [1.29, 1.82) is 0 Å². The highest BCUT2D eigenvalue weighted by atomic mass is 16.5. The van der Waals surface area contributed by atoms with Crippen molar-refractivity contribution in [1.82, 2.24) is 15.0 Å². The summed E-state index contributed by atoms with van der Waals surface area (Å²) in [5.74, 6) is 0.480. The predicted molar refractivity (Wildman–Crippen MR) is 105 cm³/mol. The maximum absolute atomic E-state index is 12.8. The SMILES string of the molecule is O=C(CCc1cc(=O)[nH]o1)N1CC[C@](O)(c2ccccc2)[C@H](N2CCOCC2)C1. The van der Waals surface area contributed by atoms with Crippen LogP contribution in [0.4, 0.5) is 0 Å². The number of piperidine rings is 1. The number of nitrogens with one attached hydrogen (secondary N) is 1. The number of likely N-dealkylation sites (tertiary alicyclic amines) is 1. The molecule has 8 heteroatoms. The zero-order valence-corrected chi connectivity index (χ0v) is 16.4. The summed E-state index contributed by atoms with van der Waals surface area (Å²) in [6.45, 7) is 3.67. The molecule has 0 radical (unpaired) electrons. The van der Waals surface area contributed by atoms with E-state index in [4.69, 9.17) is 9.26 Å². The Bertz CT molecular complexity index is 874. The highest BCUT2D eigenvalue weighted by molar-refractivity contribution is 5.76. The van der Waals surface area contributed by atoms with Gasteiger partial charge in [-0.3, -0.25) is 14.5 Å². The molecule has 3 heterocycles. The molecule has 2 saturated heterocycles. The lowest BCUT2D eigenvalue weighted by Gasteiger charge is -2.50. The summed E-state index contributed by atoms with van der Waals surface area (Å²) in [5.41, 5.74) is -0.425. The van der Waals surface area contributed by atoms with Crippen LogP contribution in [0.3, 0.4) is 0 Å². The van der Waals surface area contributed by atoms with Crippen LogP contribution in [0, 0.1) is 0 Å². The number of H-pyrrole nitrogens is 1. The topological polar surface area (TPSA) is 99.0 Å². The second-order valence-corrected chi connectivity index (χ2v) is 7.72. The minimum Gasteiger partial charge on any atom is -0.384 e. The first-order chi connectivity index (χ1) is 14.1. The number of nitrogens with zero attached hydrogens (tertiary/aromatic N) is 2. The first-order valence-electron chi connectivity index (χ1n) is 10.1. The maximum atomic E-state index is 12.8. The third-order valence-electron chi connectivity index (χ3n) is 5.98. The first-order valence-corrected chi connectivity index (χ1v) is 10.1. The number of carbonyl (C=O) groups excluding carboxylic acids is 1. The van der Waals surface area contributed by atoms with Crippen molar-refractivity contribution < 1.29 is 19.2 Å². The number of amides is 1. The van der Waals surface area contributed by atoms with Gasteiger partial charge in [0.25, 0.3) is 5.56 Å². The normalized spacial score (nSPS) is 25.8. The molecule has 1 amide bonds. The number of ether oxygens (including phenoxy) is 1. The largest absolute Gasteiger partial charge is 0.384 e. The van der Waals surface area contributed by atoms with Gasteiger partial charge < -0.3 is 19.3 Å². The molecule has 2 N–H and O–H groups in total. The predicted octanol–water partition coefficient (Wildman–Crippen LogP) is 0.721. The fourth-order valence-electron chi connectivity index (χ4n) is 4.35. The summed E-state index contributed by atoms with van der Waals surface area (Å²) < 4.78 is 10.5. The summed E-state index contributed by atoms with van der Waals surface area (Å²) in [6.07, 6.45) is 1.11. The van der Waals surface area contributed by atoms with Crippen molar-refractivity contribution in [3.63, 3.8) is 0 Å². The molecule has 156 valence electrons. The van der Waals surface area contributed by atoms with Crippen LogP contribution in [0.2, 0.25) is 0 Å². The van der Waals surface area contributed by atoms with E-state index in [9.17, 15) is 14.7 Å². The van der Waals surface area contributed by atoms with E-state index in [0.29, 0.717) is 44.9 Å². The molecule has 0 unspecified atom stereocenters. The zero-order chi connectivity index (χ0) is 20.3. The molecule has 0 aliphatic carbocycles. The summed E-state index contributed by atoms with van der Waals surface area (Å²) in [5, 5.41) is 13.9. The summed E-state index contributed by atoms with van der Waals surface area (Å²) >= 11 is 0. The van der Waals surface area contributed by atoms with E-state index in [0.717, 1.165) is 18.7 Å². The van der Waals surface area contributed by atoms with Gasteiger partial charge in [0.05, 0.1) is 19.3 Å². The van der Waals surface area contributed by atoms with Gasteiger partial charge in [0, 0.05) is 45.1 Å². The monoisotopic (exact) mass is 401 g/mol. The third-order valence-corrected chi connectivity index (χ3v) is 5.98. The van der Waals surface area contributed by atoms with Gasteiger partial charge in [-0.25, -0.2) is 0 Å². The molecule has 2 aromatic rings. The van der Waals surface area contributed by atoms with Gasteiger partial charge >= 0.3 is 0 Å². The lowest BCUT2D eigenvalue weighted by molar-refractivity contribution is -0.147. The minimum atomic E-state index is -1.01. The second kappa shape index (κ2) is 8.52. The van der Waals surface area contributed by atoms with E-state index in [-0.39, 0.29) is 23.9 Å². The molecule has 29 heavy (non-hydrogen) atoms. The Hall–Kier alpha value is -2.42. The van der Waals surface area contributed by atoms with Crippen LogP contribution in [0.5, 0.6) is 0 Å². The lowest BCUT2D eigenvalue weighted by atomic mass is 9.79. The maximum Gasteiger partial charge on any atom is 0.280 e. The number of hydrogen-bond donors (Lipinski definition) is 2. The molecule has 0 spiro atoms. The number of morpholine rings is 1. The molecule has 2 aliphatic rings. The number of aryl methyl sites for hydroxylation is 1. The molecular formula is C21H27N3O5. The fraction of sp³-hybridized carbons (Fsp3) is 0.524. The van der Waals surface area contributed by atoms with E-state index in [1.165, 1.54) is 6.07 Å². The highest BCUT2D eigenvalue weighted by Gasteiger charge is 2.46. The van der Waals surface area contributed by atoms with Gasteiger partial charge in [0.1, 0.15) is 11.4 Å². The molecule has 0 bridgehead atoms. The third kappa shape index (κ3) is 4.29. The molecule has 1 aromatic heterocycles. The van der Waals surface area contributed by atoms with Crippen LogP contribution < -0.4 is 5.56 Å². The van der Waals surface area contributed by atoms with Crippen molar-refractivity contribution >= 4 is 5.91 Å². The fourth-order valence-corrected chi connectivity index (χ4v) is 4.35. The van der Waals surface area contributed by atoms with Crippen molar-refractivity contribution in [3.8, 4) is 0 Å². The van der Waals surface area contributed by atoms with E-state index >= 15 is 0 Å². The molecule has 2 aliphatic heterocycles. The molecule has 4 rings (SSSR count). The van der Waals surface area contributed by atoms with Gasteiger partial charge in [-0.1, -0.05) is 30.3 Å². The Balaban J connectivity index is 1.49. The molecule has 2 fully saturated rings. The quantitative estimate of drug-likeness (QED) is 0.766. The van der Waals surface area contributed by atoms with Crippen LogP contribution in [-0.4, -0.2) is 71.4 Å². The highest BCUT2D eigenvalue weighted by Crippen LogP contribution is 2.36.